The number of rotatable bonds is 22. The number of carbonyl (C=O) groups is 3. The van der Waals surface area contributed by atoms with Gasteiger partial charge in [-0.3, -0.25) is 14.4 Å². The first-order chi connectivity index (χ1) is 32.9. The van der Waals surface area contributed by atoms with E-state index in [0.717, 1.165) is 62.5 Å². The van der Waals surface area contributed by atoms with Crippen molar-refractivity contribution >= 4 is 30.1 Å². The number of carboxylic acids is 2. The predicted molar refractivity (Wildman–Crippen MR) is 268 cm³/mol. The SMILES string of the molecule is COCCc1ccc(OCC(O)CNC(C)C)cc1.COCCc1ccc(OCC(O)CNC(C)C)cc1.COc1ccc2c3c1O[C@H]1C(=O)CC[C@@]4(O)[C@@H](C2)N(C)CC[C@]314.Cl.O=C(O)CCC(=O)O. The number of nitrogens with one attached hydrogen (secondary N) is 2. The van der Waals surface area contributed by atoms with E-state index in [0.29, 0.717) is 62.7 Å². The highest BCUT2D eigenvalue weighted by Crippen LogP contribution is 2.64. The Hall–Kier alpha value is -4.56. The van der Waals surface area contributed by atoms with E-state index in [1.165, 1.54) is 16.7 Å². The highest BCUT2D eigenvalue weighted by Gasteiger charge is 2.72. The number of ketones is 1. The first-order valence-electron chi connectivity index (χ1n) is 23.9. The van der Waals surface area contributed by atoms with Gasteiger partial charge in [0, 0.05) is 57.4 Å². The smallest absolute Gasteiger partial charge is 0.303 e. The molecule has 18 heteroatoms. The maximum Gasteiger partial charge on any atom is 0.303 e. The number of methoxy groups -OCH3 is 3. The molecule has 3 aromatic rings. The van der Waals surface area contributed by atoms with E-state index < -0.39 is 41.3 Å². The Kier molecular flexibility index (Phi) is 24.8. The van der Waals surface area contributed by atoms with Gasteiger partial charge in [0.15, 0.2) is 23.4 Å². The van der Waals surface area contributed by atoms with Gasteiger partial charge < -0.3 is 69.5 Å². The summed E-state index contributed by atoms with van der Waals surface area (Å²) in [7, 11) is 7.09. The van der Waals surface area contributed by atoms with E-state index >= 15 is 0 Å². The molecule has 7 N–H and O–H groups in total. The third kappa shape index (κ3) is 16.5. The van der Waals surface area contributed by atoms with Crippen LogP contribution in [-0.2, 0) is 48.5 Å². The summed E-state index contributed by atoms with van der Waals surface area (Å²) in [5, 5.41) is 53.3. The largest absolute Gasteiger partial charge is 0.493 e. The van der Waals surface area contributed by atoms with Crippen molar-refractivity contribution < 1.29 is 68.3 Å². The van der Waals surface area contributed by atoms with Crippen LogP contribution in [0.3, 0.4) is 0 Å². The van der Waals surface area contributed by atoms with Crippen molar-refractivity contribution in [2.45, 2.75) is 127 Å². The lowest BCUT2D eigenvalue weighted by Gasteiger charge is -2.62. The van der Waals surface area contributed by atoms with Gasteiger partial charge in [-0.25, -0.2) is 0 Å². The molecule has 7 rings (SSSR count). The number of likely N-dealkylation sites (tertiary alicyclic amines) is 1. The zero-order chi connectivity index (χ0) is 50.7. The fraction of sp³-hybridized carbons (Fsp3) is 0.596. The molecule has 0 radical (unpaired) electrons. The lowest BCUT2D eigenvalue weighted by Crippen LogP contribution is -2.76. The highest BCUT2D eigenvalue weighted by molar-refractivity contribution is 5.90. The molecule has 1 spiro atoms. The number of carboxylic acid groups (broad SMARTS) is 2. The number of aliphatic hydroxyl groups is 3. The van der Waals surface area contributed by atoms with Crippen molar-refractivity contribution in [1.82, 2.24) is 15.5 Å². The lowest BCUT2D eigenvalue weighted by atomic mass is 9.49. The molecule has 17 nitrogen and oxygen atoms in total. The van der Waals surface area contributed by atoms with Gasteiger partial charge in [-0.15, -0.1) is 12.4 Å². The third-order valence-corrected chi connectivity index (χ3v) is 12.7. The number of hydrogen-bond acceptors (Lipinski definition) is 15. The molecule has 2 fully saturated rings. The van der Waals surface area contributed by atoms with Crippen molar-refractivity contribution in [3.63, 3.8) is 0 Å². The number of aliphatic hydroxyl groups excluding tert-OH is 2. The first-order valence-corrected chi connectivity index (χ1v) is 23.9. The van der Waals surface area contributed by atoms with Crippen molar-refractivity contribution in [2.75, 3.05) is 74.4 Å². The monoisotopic (exact) mass is 1000 g/mol. The Bertz CT molecular complexity index is 1980. The molecule has 6 atom stereocenters. The number of nitrogens with zero attached hydrogens (tertiary/aromatic N) is 1. The second-order valence-electron chi connectivity index (χ2n) is 18.6. The number of benzene rings is 3. The minimum absolute atomic E-state index is 0. The molecular formula is C52H78ClN3O14. The van der Waals surface area contributed by atoms with Crippen LogP contribution in [-0.4, -0.2) is 165 Å². The molecule has 3 aromatic carbocycles. The molecule has 4 aliphatic rings. The number of carbonyl (C=O) groups excluding carboxylic acids is 1. The molecule has 1 saturated heterocycles. The van der Waals surface area contributed by atoms with Gasteiger partial charge in [-0.1, -0.05) is 58.0 Å². The second kappa shape index (κ2) is 29.1. The molecule has 70 heavy (non-hydrogen) atoms. The molecule has 2 aliphatic carbocycles. The maximum absolute atomic E-state index is 12.7. The molecule has 2 heterocycles. The van der Waals surface area contributed by atoms with Crippen molar-refractivity contribution in [3.05, 3.63) is 82.9 Å². The summed E-state index contributed by atoms with van der Waals surface area (Å²) in [5.74, 6) is 0.880. The van der Waals surface area contributed by atoms with Crippen LogP contribution in [0.5, 0.6) is 23.0 Å². The Morgan fingerprint density at radius 3 is 1.69 bits per heavy atom. The van der Waals surface area contributed by atoms with Gasteiger partial charge in [0.25, 0.3) is 0 Å². The standard InChI is InChI=1S/C18H21NO4.2C15H25NO3.C4H6O4.ClH/c1-19-8-7-17-14-10-3-4-12(22-2)15(14)23-16(17)11(20)5-6-18(17,21)13(19)9-10;2*1-12(2)16-10-14(17)11-19-15-6-4-13(5-7-15)8-9-18-3;5-3(6)1-2-4(7)8;/h3-4,13,16,21H,5-9H2,1-2H3;2*4-7,12,14,16-17H,8-11H2,1-3H3;1-2H2,(H,5,6)(H,7,8);1H/t13-,16+,17+,18-;;;;/m1..../s1. The summed E-state index contributed by atoms with van der Waals surface area (Å²) in [4.78, 5) is 34.2. The van der Waals surface area contributed by atoms with Gasteiger partial charge in [-0.2, -0.15) is 0 Å². The number of aliphatic carboxylic acids is 2. The molecule has 2 bridgehead atoms. The van der Waals surface area contributed by atoms with E-state index in [4.69, 9.17) is 38.6 Å². The van der Waals surface area contributed by atoms with E-state index in [-0.39, 0.29) is 37.1 Å². The molecule has 1 saturated carbocycles. The summed E-state index contributed by atoms with van der Waals surface area (Å²) in [6.07, 6.45) is 2.12. The highest BCUT2D eigenvalue weighted by atomic mass is 35.5. The van der Waals surface area contributed by atoms with Crippen LogP contribution in [0.25, 0.3) is 0 Å². The fourth-order valence-corrected chi connectivity index (χ4v) is 9.09. The van der Waals surface area contributed by atoms with E-state index in [9.17, 15) is 29.7 Å². The summed E-state index contributed by atoms with van der Waals surface area (Å²) in [5.41, 5.74) is 3.17. The molecule has 0 amide bonds. The predicted octanol–water partition coefficient (Wildman–Crippen LogP) is 4.63. The molecule has 0 aromatic heterocycles. The second-order valence-corrected chi connectivity index (χ2v) is 18.6. The van der Waals surface area contributed by atoms with Crippen LogP contribution in [0.15, 0.2) is 60.7 Å². The molecule has 392 valence electrons. The van der Waals surface area contributed by atoms with Gasteiger partial charge in [0.1, 0.15) is 36.9 Å². The van der Waals surface area contributed by atoms with Gasteiger partial charge in [0.2, 0.25) is 0 Å². The van der Waals surface area contributed by atoms with Gasteiger partial charge >= 0.3 is 11.9 Å². The third-order valence-electron chi connectivity index (χ3n) is 12.7. The fourth-order valence-electron chi connectivity index (χ4n) is 9.09. The number of Topliss-reactive ketones (excluding diaryl/α,β-unsaturated/α-hetero) is 1. The summed E-state index contributed by atoms with van der Waals surface area (Å²) in [6, 6.07) is 20.6. The average Bonchev–Trinajstić information content (AvgIpc) is 3.69. The van der Waals surface area contributed by atoms with Gasteiger partial charge in [0.05, 0.1) is 44.2 Å². The lowest BCUT2D eigenvalue weighted by molar-refractivity contribution is -0.185. The zero-order valence-corrected chi connectivity index (χ0v) is 42.9. The van der Waals surface area contributed by atoms with E-state index in [2.05, 4.69) is 28.6 Å². The number of ether oxygens (including phenoxy) is 6. The Labute approximate surface area is 419 Å². The number of likely N-dealkylation sites (N-methyl/N-ethyl adjacent to an activating group) is 1. The Morgan fingerprint density at radius 2 is 1.26 bits per heavy atom. The van der Waals surface area contributed by atoms with Crippen LogP contribution < -0.4 is 29.6 Å². The maximum atomic E-state index is 12.7. The van der Waals surface area contributed by atoms with E-state index in [1.54, 1.807) is 21.3 Å². The van der Waals surface area contributed by atoms with Crippen LogP contribution >= 0.6 is 12.4 Å². The molecule has 2 aliphatic heterocycles. The van der Waals surface area contributed by atoms with E-state index in [1.807, 2.05) is 82.3 Å². The Balaban J connectivity index is 0.000000258. The topological polar surface area (TPSA) is 235 Å². The summed E-state index contributed by atoms with van der Waals surface area (Å²) in [6.45, 7) is 12.2. The minimum atomic E-state index is -1.08. The molecule has 2 unspecified atom stereocenters. The quantitative estimate of drug-likeness (QED) is 0.0727. The van der Waals surface area contributed by atoms with Crippen LogP contribution in [0, 0.1) is 0 Å². The summed E-state index contributed by atoms with van der Waals surface area (Å²) >= 11 is 0. The number of piperidine rings is 1. The minimum Gasteiger partial charge on any atom is -0.493 e. The zero-order valence-electron chi connectivity index (χ0n) is 42.1. The first kappa shape index (κ1) is 59.7. The number of halogens is 1. The van der Waals surface area contributed by atoms with Crippen LogP contribution in [0.2, 0.25) is 0 Å². The van der Waals surface area contributed by atoms with Crippen LogP contribution in [0.4, 0.5) is 0 Å². The summed E-state index contributed by atoms with van der Waals surface area (Å²) < 4.78 is 32.8. The molecular weight excluding hydrogens is 926 g/mol. The normalized spacial score (nSPS) is 21.2. The van der Waals surface area contributed by atoms with Crippen molar-refractivity contribution in [1.29, 1.82) is 0 Å². The Morgan fingerprint density at radius 1 is 0.771 bits per heavy atom. The average molecular weight is 1000 g/mol. The van der Waals surface area contributed by atoms with Crippen LogP contribution in [0.1, 0.15) is 82.1 Å². The van der Waals surface area contributed by atoms with Crippen molar-refractivity contribution in [2.24, 2.45) is 0 Å². The van der Waals surface area contributed by atoms with Crippen molar-refractivity contribution in [3.8, 4) is 23.0 Å². The number of hydrogen-bond donors (Lipinski definition) is 7. The van der Waals surface area contributed by atoms with Gasteiger partial charge in [-0.05, 0) is 92.7 Å².